The summed E-state index contributed by atoms with van der Waals surface area (Å²) < 4.78 is 0.722. The van der Waals surface area contributed by atoms with Crippen molar-refractivity contribution in [2.75, 3.05) is 18.0 Å². The molecule has 0 saturated carbocycles. The first-order valence-electron chi connectivity index (χ1n) is 10.4. The Balaban J connectivity index is 0.000000179. The quantitative estimate of drug-likeness (QED) is 0.519. The van der Waals surface area contributed by atoms with Crippen LogP contribution in [0.1, 0.15) is 71.1 Å². The van der Waals surface area contributed by atoms with Gasteiger partial charge in [-0.15, -0.1) is 0 Å². The molecule has 2 N–H and O–H groups in total. The summed E-state index contributed by atoms with van der Waals surface area (Å²) in [7, 11) is 0. The third-order valence-electron chi connectivity index (χ3n) is 5.59. The number of halogens is 1. The lowest BCUT2D eigenvalue weighted by Gasteiger charge is -2.33. The number of anilines is 1. The number of hydrogen-bond acceptors (Lipinski definition) is 5. The van der Waals surface area contributed by atoms with Gasteiger partial charge in [0.15, 0.2) is 0 Å². The van der Waals surface area contributed by atoms with Crippen molar-refractivity contribution in [2.24, 2.45) is 5.73 Å². The number of hydrogen-bond donors (Lipinski definition) is 1. The van der Waals surface area contributed by atoms with Crippen molar-refractivity contribution in [3.63, 3.8) is 0 Å². The fourth-order valence-electron chi connectivity index (χ4n) is 3.99. The maximum absolute atomic E-state index is 11.7. The Labute approximate surface area is 190 Å². The number of primary amides is 1. The van der Waals surface area contributed by atoms with E-state index in [9.17, 15) is 14.4 Å². The Hall–Kier alpha value is -2.74. The van der Waals surface area contributed by atoms with Gasteiger partial charge in [-0.25, -0.2) is 4.98 Å². The van der Waals surface area contributed by atoms with Gasteiger partial charge < -0.3 is 10.6 Å². The predicted molar refractivity (Wildman–Crippen MR) is 123 cm³/mol. The summed E-state index contributed by atoms with van der Waals surface area (Å²) in [6.07, 6.45) is 3.00. The van der Waals surface area contributed by atoms with Gasteiger partial charge in [0.25, 0.3) is 17.7 Å². The van der Waals surface area contributed by atoms with Crippen molar-refractivity contribution < 1.29 is 14.4 Å². The van der Waals surface area contributed by atoms with Crippen LogP contribution in [-0.2, 0) is 0 Å². The lowest BCUT2D eigenvalue weighted by atomic mass is 10.0. The molecule has 1 fully saturated rings. The number of rotatable bonds is 4. The summed E-state index contributed by atoms with van der Waals surface area (Å²) in [5.41, 5.74) is 6.98. The third-order valence-corrected chi connectivity index (χ3v) is 6.03. The lowest BCUT2D eigenvalue weighted by Crippen LogP contribution is -2.40. The highest BCUT2D eigenvalue weighted by atomic mass is 79.9. The van der Waals surface area contributed by atoms with Crippen LogP contribution in [0.3, 0.4) is 0 Å². The molecular formula is C23H27BrN4O3. The van der Waals surface area contributed by atoms with Gasteiger partial charge >= 0.3 is 0 Å². The van der Waals surface area contributed by atoms with Crippen LogP contribution in [-0.4, -0.2) is 46.2 Å². The molecule has 0 spiro atoms. The molecule has 3 heterocycles. The monoisotopic (exact) mass is 486 g/mol. The van der Waals surface area contributed by atoms with E-state index in [1.807, 2.05) is 6.92 Å². The zero-order valence-electron chi connectivity index (χ0n) is 18.0. The zero-order valence-corrected chi connectivity index (χ0v) is 19.6. The number of nitrogens with zero attached hydrogens (tertiary/aromatic N) is 3. The molecule has 1 saturated heterocycles. The first-order chi connectivity index (χ1) is 14.7. The summed E-state index contributed by atoms with van der Waals surface area (Å²) in [4.78, 5) is 42.7. The van der Waals surface area contributed by atoms with Gasteiger partial charge in [-0.2, -0.15) is 0 Å². The predicted octanol–water partition coefficient (Wildman–Crippen LogP) is 4.01. The van der Waals surface area contributed by atoms with Crippen molar-refractivity contribution >= 4 is 39.5 Å². The molecule has 1 aromatic heterocycles. The molecule has 164 valence electrons. The molecule has 31 heavy (non-hydrogen) atoms. The summed E-state index contributed by atoms with van der Waals surface area (Å²) in [6.45, 7) is 7.69. The maximum Gasteiger partial charge on any atom is 0.261 e. The molecule has 1 aromatic carbocycles. The molecular weight excluding hydrogens is 460 g/mol. The van der Waals surface area contributed by atoms with E-state index in [1.165, 1.54) is 4.90 Å². The van der Waals surface area contributed by atoms with Gasteiger partial charge in [0.05, 0.1) is 16.7 Å². The van der Waals surface area contributed by atoms with Crippen LogP contribution in [0.4, 0.5) is 5.82 Å². The highest BCUT2D eigenvalue weighted by molar-refractivity contribution is 9.10. The molecule has 0 aliphatic carbocycles. The van der Waals surface area contributed by atoms with Gasteiger partial charge in [-0.1, -0.05) is 19.1 Å². The number of pyridine rings is 1. The summed E-state index contributed by atoms with van der Waals surface area (Å²) in [5, 5.41) is 0. The number of carbonyl (C=O) groups excluding carboxylic acids is 3. The van der Waals surface area contributed by atoms with Gasteiger partial charge in [-0.05, 0) is 73.3 Å². The van der Waals surface area contributed by atoms with Gasteiger partial charge in [0, 0.05) is 18.6 Å². The van der Waals surface area contributed by atoms with Gasteiger partial charge in [0.1, 0.15) is 10.4 Å². The number of aromatic nitrogens is 1. The average Bonchev–Trinajstić information content (AvgIpc) is 3.20. The molecule has 0 unspecified atom stereocenters. The first kappa shape index (κ1) is 22.9. The highest BCUT2D eigenvalue weighted by Crippen LogP contribution is 2.34. The smallest absolute Gasteiger partial charge is 0.261 e. The third kappa shape index (κ3) is 4.63. The fraction of sp³-hybridized carbons (Fsp3) is 0.391. The second-order valence-electron chi connectivity index (χ2n) is 8.24. The SMILES string of the molecule is CC1(C)CCCN1c1nc(Br)ccc1C(N)=O.CCCN1C(=O)c2ccccc2C1=O. The van der Waals surface area contributed by atoms with Crippen molar-refractivity contribution in [3.05, 3.63) is 57.7 Å². The van der Waals surface area contributed by atoms with Crippen LogP contribution in [0.15, 0.2) is 41.0 Å². The lowest BCUT2D eigenvalue weighted by molar-refractivity contribution is 0.0654. The van der Waals surface area contributed by atoms with Gasteiger partial charge in [0.2, 0.25) is 0 Å². The second kappa shape index (κ2) is 9.18. The van der Waals surface area contributed by atoms with Crippen LogP contribution < -0.4 is 10.6 Å². The molecule has 2 aliphatic heterocycles. The van der Waals surface area contributed by atoms with Crippen LogP contribution in [0.2, 0.25) is 0 Å². The van der Waals surface area contributed by atoms with E-state index in [1.54, 1.807) is 36.4 Å². The topological polar surface area (TPSA) is 96.6 Å². The number of imide groups is 1. The van der Waals surface area contributed by atoms with E-state index in [4.69, 9.17) is 5.73 Å². The largest absolute Gasteiger partial charge is 0.365 e. The normalized spacial score (nSPS) is 16.8. The first-order valence-corrected chi connectivity index (χ1v) is 11.2. The van der Waals surface area contributed by atoms with E-state index >= 15 is 0 Å². The molecule has 2 aliphatic rings. The fourth-order valence-corrected chi connectivity index (χ4v) is 4.29. The van der Waals surface area contributed by atoms with Crippen LogP contribution >= 0.6 is 15.9 Å². The van der Waals surface area contributed by atoms with E-state index in [0.29, 0.717) is 29.1 Å². The summed E-state index contributed by atoms with van der Waals surface area (Å²) in [6, 6.07) is 10.4. The van der Waals surface area contributed by atoms with E-state index in [2.05, 4.69) is 39.7 Å². The average molecular weight is 487 g/mol. The van der Waals surface area contributed by atoms with Crippen molar-refractivity contribution in [2.45, 2.75) is 45.6 Å². The van der Waals surface area contributed by atoms with Crippen LogP contribution in [0, 0.1) is 0 Å². The zero-order chi connectivity index (χ0) is 22.8. The molecule has 8 heteroatoms. The van der Waals surface area contributed by atoms with E-state index in [0.717, 1.165) is 30.4 Å². The molecule has 0 bridgehead atoms. The molecule has 0 radical (unpaired) electrons. The number of nitrogens with two attached hydrogens (primary N) is 1. The number of amides is 3. The molecule has 0 atom stereocenters. The highest BCUT2D eigenvalue weighted by Gasteiger charge is 2.35. The standard InChI is InChI=1S/C12H16BrN3O.C11H11NO2/c1-12(2)6-3-7-16(12)11-8(10(14)17)4-5-9(13)15-11;1-2-7-12-10(13)8-5-3-4-6-9(8)11(12)14/h4-5H,3,6-7H2,1-2H3,(H2,14,17);3-6H,2,7H2,1H3. The Morgan fingerprint density at radius 3 is 2.23 bits per heavy atom. The Kier molecular flexibility index (Phi) is 6.79. The Morgan fingerprint density at radius 2 is 1.74 bits per heavy atom. The number of carbonyl (C=O) groups is 3. The maximum atomic E-state index is 11.7. The Morgan fingerprint density at radius 1 is 1.13 bits per heavy atom. The minimum Gasteiger partial charge on any atom is -0.365 e. The summed E-state index contributed by atoms with van der Waals surface area (Å²) in [5.74, 6) is -0.0584. The van der Waals surface area contributed by atoms with Gasteiger partial charge in [-0.3, -0.25) is 19.3 Å². The number of fused-ring (bicyclic) bond motifs is 1. The van der Waals surface area contributed by atoms with E-state index < -0.39 is 5.91 Å². The van der Waals surface area contributed by atoms with Crippen molar-refractivity contribution in [3.8, 4) is 0 Å². The minimum absolute atomic E-state index is 0.0258. The molecule has 2 aromatic rings. The number of benzene rings is 1. The molecule has 7 nitrogen and oxygen atoms in total. The summed E-state index contributed by atoms with van der Waals surface area (Å²) >= 11 is 3.34. The Bertz CT molecular complexity index is 987. The minimum atomic E-state index is -0.428. The second-order valence-corrected chi connectivity index (χ2v) is 9.06. The van der Waals surface area contributed by atoms with Crippen molar-refractivity contribution in [1.29, 1.82) is 0 Å². The molecule has 4 rings (SSSR count). The van der Waals surface area contributed by atoms with E-state index in [-0.39, 0.29) is 17.4 Å². The van der Waals surface area contributed by atoms with Crippen LogP contribution in [0.25, 0.3) is 0 Å². The van der Waals surface area contributed by atoms with Crippen LogP contribution in [0.5, 0.6) is 0 Å². The van der Waals surface area contributed by atoms with Crippen molar-refractivity contribution in [1.82, 2.24) is 9.88 Å². The molecule has 3 amide bonds.